The molecule has 1 aromatic rings. The molecule has 1 nitrogen and oxygen atoms in total. The second-order valence-corrected chi connectivity index (χ2v) is 4.48. The van der Waals surface area contributed by atoms with Gasteiger partial charge < -0.3 is 5.32 Å². The van der Waals surface area contributed by atoms with Gasteiger partial charge in [-0.2, -0.15) is 0 Å². The molecule has 80 valence electrons. The molecule has 0 saturated heterocycles. The van der Waals surface area contributed by atoms with Crippen LogP contribution in [0.1, 0.15) is 36.9 Å². The minimum atomic E-state index is 0.534. The van der Waals surface area contributed by atoms with Gasteiger partial charge in [-0.25, -0.2) is 0 Å². The third kappa shape index (κ3) is 2.48. The molecule has 0 saturated carbocycles. The lowest BCUT2D eigenvalue weighted by Crippen LogP contribution is -2.26. The molecule has 2 rings (SSSR count). The number of rotatable bonds is 3. The van der Waals surface area contributed by atoms with Crippen LogP contribution in [-0.2, 0) is 6.42 Å². The molecule has 1 N–H and O–H groups in total. The zero-order chi connectivity index (χ0) is 10.7. The summed E-state index contributed by atoms with van der Waals surface area (Å²) in [7, 11) is 0. The second-order valence-electron chi connectivity index (χ2n) is 4.48. The Morgan fingerprint density at radius 3 is 3.07 bits per heavy atom. The minimum Gasteiger partial charge on any atom is -0.306 e. The fourth-order valence-electron chi connectivity index (χ4n) is 2.26. The quantitative estimate of drug-likeness (QED) is 0.740. The molecule has 0 bridgehead atoms. The lowest BCUT2D eigenvalue weighted by atomic mass is 9.88. The summed E-state index contributed by atoms with van der Waals surface area (Å²) in [6.07, 6.45) is 3.79. The van der Waals surface area contributed by atoms with Gasteiger partial charge in [0.15, 0.2) is 0 Å². The van der Waals surface area contributed by atoms with E-state index < -0.39 is 0 Å². The van der Waals surface area contributed by atoms with Crippen LogP contribution in [0.2, 0.25) is 0 Å². The van der Waals surface area contributed by atoms with Gasteiger partial charge in [-0.15, -0.1) is 0 Å². The maximum absolute atomic E-state index is 3.93. The summed E-state index contributed by atoms with van der Waals surface area (Å²) in [5.74, 6) is 0. The van der Waals surface area contributed by atoms with Gasteiger partial charge >= 0.3 is 0 Å². The summed E-state index contributed by atoms with van der Waals surface area (Å²) in [5, 5.41) is 3.58. The Bertz CT molecular complexity index is 354. The summed E-state index contributed by atoms with van der Waals surface area (Å²) in [4.78, 5) is 0. The van der Waals surface area contributed by atoms with E-state index in [2.05, 4.69) is 43.1 Å². The van der Waals surface area contributed by atoms with Crippen LogP contribution in [0.25, 0.3) is 0 Å². The van der Waals surface area contributed by atoms with Gasteiger partial charge in [-0.3, -0.25) is 0 Å². The molecule has 0 aromatic heterocycles. The average Bonchev–Trinajstić information content (AvgIpc) is 2.26. The van der Waals surface area contributed by atoms with E-state index >= 15 is 0 Å². The molecule has 1 aliphatic rings. The van der Waals surface area contributed by atoms with Crippen molar-refractivity contribution in [2.24, 2.45) is 0 Å². The lowest BCUT2D eigenvalue weighted by molar-refractivity contribution is 0.476. The Kier molecular flexibility index (Phi) is 3.22. The van der Waals surface area contributed by atoms with E-state index in [1.165, 1.54) is 36.0 Å². The minimum absolute atomic E-state index is 0.534. The van der Waals surface area contributed by atoms with E-state index in [-0.39, 0.29) is 0 Å². The number of hydrogen-bond acceptors (Lipinski definition) is 1. The van der Waals surface area contributed by atoms with Crippen LogP contribution in [0.5, 0.6) is 0 Å². The van der Waals surface area contributed by atoms with Crippen molar-refractivity contribution in [3.63, 3.8) is 0 Å². The normalized spacial score (nSPS) is 19.7. The highest BCUT2D eigenvalue weighted by atomic mass is 14.9. The predicted molar refractivity (Wildman–Crippen MR) is 64.9 cm³/mol. The molecule has 15 heavy (non-hydrogen) atoms. The number of benzene rings is 1. The molecule has 1 aromatic carbocycles. The first-order valence-corrected chi connectivity index (χ1v) is 5.73. The number of aryl methyl sites for hydroxylation is 1. The van der Waals surface area contributed by atoms with Crippen molar-refractivity contribution in [3.8, 4) is 0 Å². The van der Waals surface area contributed by atoms with Crippen molar-refractivity contribution in [2.45, 2.75) is 32.2 Å². The molecular formula is C14H19N. The summed E-state index contributed by atoms with van der Waals surface area (Å²) in [6.45, 7) is 6.93. The first-order valence-electron chi connectivity index (χ1n) is 5.73. The third-order valence-electron chi connectivity index (χ3n) is 3.02. The van der Waals surface area contributed by atoms with Crippen LogP contribution in [0.3, 0.4) is 0 Å². The van der Waals surface area contributed by atoms with Gasteiger partial charge in [0.1, 0.15) is 0 Å². The maximum Gasteiger partial charge on any atom is 0.0325 e. The van der Waals surface area contributed by atoms with Crippen molar-refractivity contribution >= 4 is 0 Å². The average molecular weight is 201 g/mol. The molecule has 1 aliphatic carbocycles. The van der Waals surface area contributed by atoms with Gasteiger partial charge in [0, 0.05) is 12.6 Å². The summed E-state index contributed by atoms with van der Waals surface area (Å²) >= 11 is 0. The van der Waals surface area contributed by atoms with Crippen molar-refractivity contribution in [2.75, 3.05) is 6.54 Å². The van der Waals surface area contributed by atoms with Crippen LogP contribution < -0.4 is 5.32 Å². The summed E-state index contributed by atoms with van der Waals surface area (Å²) < 4.78 is 0. The Morgan fingerprint density at radius 1 is 1.47 bits per heavy atom. The molecule has 0 aliphatic heterocycles. The Morgan fingerprint density at radius 2 is 2.27 bits per heavy atom. The number of hydrogen-bond donors (Lipinski definition) is 1. The highest BCUT2D eigenvalue weighted by Gasteiger charge is 2.18. The summed E-state index contributed by atoms with van der Waals surface area (Å²) in [5.41, 5.74) is 4.21. The van der Waals surface area contributed by atoms with Gasteiger partial charge in [0.2, 0.25) is 0 Å². The number of nitrogens with one attached hydrogen (secondary N) is 1. The molecule has 1 heteroatoms. The zero-order valence-electron chi connectivity index (χ0n) is 9.42. The van der Waals surface area contributed by atoms with Crippen LogP contribution in [0.4, 0.5) is 0 Å². The molecule has 0 fully saturated rings. The summed E-state index contributed by atoms with van der Waals surface area (Å²) in [6, 6.07) is 9.32. The van der Waals surface area contributed by atoms with Crippen molar-refractivity contribution < 1.29 is 0 Å². The van der Waals surface area contributed by atoms with Gasteiger partial charge in [0.25, 0.3) is 0 Å². The topological polar surface area (TPSA) is 12.0 Å². The Labute approximate surface area is 92.2 Å². The fraction of sp³-hybridized carbons (Fsp3) is 0.429. The highest BCUT2D eigenvalue weighted by Crippen LogP contribution is 2.29. The molecule has 0 heterocycles. The maximum atomic E-state index is 3.93. The molecule has 1 atom stereocenters. The largest absolute Gasteiger partial charge is 0.306 e. The molecular weight excluding hydrogens is 182 g/mol. The van der Waals surface area contributed by atoms with Crippen molar-refractivity contribution in [1.82, 2.24) is 5.32 Å². The second kappa shape index (κ2) is 4.63. The van der Waals surface area contributed by atoms with Gasteiger partial charge in [0.05, 0.1) is 0 Å². The first-order chi connectivity index (χ1) is 7.27. The molecule has 1 unspecified atom stereocenters. The van der Waals surface area contributed by atoms with Gasteiger partial charge in [-0.05, 0) is 37.3 Å². The molecule has 0 spiro atoms. The standard InChI is InChI=1S/C14H19N/c1-11(2)10-15-14-9-5-7-12-6-3-4-8-13(12)14/h3-4,6,8,14-15H,1,5,7,9-10H2,2H3. The lowest BCUT2D eigenvalue weighted by Gasteiger charge is -2.26. The van der Waals surface area contributed by atoms with Crippen molar-refractivity contribution in [3.05, 3.63) is 47.5 Å². The van der Waals surface area contributed by atoms with Crippen LogP contribution in [-0.4, -0.2) is 6.54 Å². The fourth-order valence-corrected chi connectivity index (χ4v) is 2.26. The van der Waals surface area contributed by atoms with Crippen LogP contribution >= 0.6 is 0 Å². The Balaban J connectivity index is 2.11. The number of fused-ring (bicyclic) bond motifs is 1. The van der Waals surface area contributed by atoms with Crippen molar-refractivity contribution in [1.29, 1.82) is 0 Å². The zero-order valence-corrected chi connectivity index (χ0v) is 9.42. The van der Waals surface area contributed by atoms with E-state index in [0.717, 1.165) is 6.54 Å². The third-order valence-corrected chi connectivity index (χ3v) is 3.02. The molecule has 0 radical (unpaired) electrons. The first kappa shape index (κ1) is 10.4. The van der Waals surface area contributed by atoms with Gasteiger partial charge in [-0.1, -0.05) is 36.4 Å². The van der Waals surface area contributed by atoms with E-state index in [1.807, 2.05) is 0 Å². The smallest absolute Gasteiger partial charge is 0.0325 e. The van der Waals surface area contributed by atoms with E-state index in [0.29, 0.717) is 6.04 Å². The Hall–Kier alpha value is -1.08. The monoisotopic (exact) mass is 201 g/mol. The van der Waals surface area contributed by atoms with E-state index in [4.69, 9.17) is 0 Å². The van der Waals surface area contributed by atoms with E-state index in [1.54, 1.807) is 0 Å². The molecule has 0 amide bonds. The van der Waals surface area contributed by atoms with Crippen LogP contribution in [0, 0.1) is 0 Å². The predicted octanol–water partition coefficient (Wildman–Crippen LogP) is 3.23. The SMILES string of the molecule is C=C(C)CNC1CCCc2ccccc21. The van der Waals surface area contributed by atoms with E-state index in [9.17, 15) is 0 Å². The highest BCUT2D eigenvalue weighted by molar-refractivity contribution is 5.32. The van der Waals surface area contributed by atoms with Crippen LogP contribution in [0.15, 0.2) is 36.4 Å².